The molecule has 1 aliphatic heterocycles. The molecule has 0 saturated carbocycles. The van der Waals surface area contributed by atoms with Crippen molar-refractivity contribution >= 4 is 17.4 Å². The van der Waals surface area contributed by atoms with Crippen LogP contribution in [0, 0.1) is 5.92 Å². The molecule has 0 saturated heterocycles. The number of carbonyl (C=O) groups is 2. The number of hydrogen-bond acceptors (Lipinski definition) is 4. The molecule has 0 spiro atoms. The van der Waals surface area contributed by atoms with E-state index in [2.05, 4.69) is 0 Å². The Hall–Kier alpha value is -3.08. The fourth-order valence-electron chi connectivity index (χ4n) is 3.51. The Morgan fingerprint density at radius 1 is 1.10 bits per heavy atom. The van der Waals surface area contributed by atoms with E-state index in [0.717, 1.165) is 17.7 Å². The lowest BCUT2D eigenvalue weighted by Gasteiger charge is -2.27. The number of carbonyl (C=O) groups excluding carboxylic acids is 2. The predicted molar refractivity (Wildman–Crippen MR) is 113 cm³/mol. The van der Waals surface area contributed by atoms with Crippen LogP contribution >= 0.6 is 0 Å². The van der Waals surface area contributed by atoms with Crippen LogP contribution in [0.15, 0.2) is 65.9 Å². The lowest BCUT2D eigenvalue weighted by Crippen LogP contribution is -2.31. The third-order valence-corrected chi connectivity index (χ3v) is 4.81. The van der Waals surface area contributed by atoms with Crippen LogP contribution in [0.1, 0.15) is 45.2 Å². The number of amides is 1. The first-order valence-corrected chi connectivity index (χ1v) is 10.0. The van der Waals surface area contributed by atoms with Crippen LogP contribution < -0.4 is 9.64 Å². The maximum absolute atomic E-state index is 13.0. The molecule has 2 aromatic carbocycles. The fourth-order valence-corrected chi connectivity index (χ4v) is 3.51. The van der Waals surface area contributed by atoms with Crippen molar-refractivity contribution in [3.05, 3.63) is 71.5 Å². The molecular weight excluding hydrogens is 366 g/mol. The first-order chi connectivity index (χ1) is 13.9. The summed E-state index contributed by atoms with van der Waals surface area (Å²) in [5, 5.41) is 10.6. The average Bonchev–Trinajstić information content (AvgIpc) is 2.98. The molecule has 0 radical (unpaired) electrons. The fraction of sp³-hybridized carbons (Fsp3) is 0.333. The molecule has 0 aliphatic carbocycles. The van der Waals surface area contributed by atoms with Gasteiger partial charge in [-0.3, -0.25) is 14.5 Å². The molecule has 1 atom stereocenters. The molecule has 1 unspecified atom stereocenters. The van der Waals surface area contributed by atoms with E-state index < -0.39 is 17.7 Å². The summed E-state index contributed by atoms with van der Waals surface area (Å²) in [7, 11) is 0. The summed E-state index contributed by atoms with van der Waals surface area (Å²) in [6.07, 6.45) is 1.18. The monoisotopic (exact) mass is 393 g/mol. The van der Waals surface area contributed by atoms with Gasteiger partial charge < -0.3 is 9.84 Å². The Morgan fingerprint density at radius 2 is 1.76 bits per heavy atom. The minimum atomic E-state index is -0.670. The van der Waals surface area contributed by atoms with E-state index >= 15 is 0 Å². The molecule has 1 aliphatic rings. The van der Waals surface area contributed by atoms with Gasteiger partial charge in [0.05, 0.1) is 18.2 Å². The van der Waals surface area contributed by atoms with Crippen LogP contribution in [0.5, 0.6) is 5.75 Å². The van der Waals surface area contributed by atoms with Gasteiger partial charge in [-0.25, -0.2) is 0 Å². The third-order valence-electron chi connectivity index (χ3n) is 4.81. The average molecular weight is 393 g/mol. The molecule has 0 bridgehead atoms. The molecule has 1 N–H and O–H groups in total. The maximum Gasteiger partial charge on any atom is 0.294 e. The Labute approximate surface area is 171 Å². The van der Waals surface area contributed by atoms with E-state index in [0.29, 0.717) is 12.3 Å². The first kappa shape index (κ1) is 20.6. The molecular formula is C24H27NO4. The smallest absolute Gasteiger partial charge is 0.294 e. The van der Waals surface area contributed by atoms with Gasteiger partial charge in [0.2, 0.25) is 0 Å². The number of aliphatic hydroxyl groups excluding tert-OH is 1. The van der Waals surface area contributed by atoms with Gasteiger partial charge in [-0.2, -0.15) is 0 Å². The zero-order valence-electron chi connectivity index (χ0n) is 17.1. The Morgan fingerprint density at radius 3 is 2.34 bits per heavy atom. The van der Waals surface area contributed by atoms with E-state index in [-0.39, 0.29) is 23.7 Å². The van der Waals surface area contributed by atoms with E-state index in [9.17, 15) is 14.7 Å². The quantitative estimate of drug-likeness (QED) is 0.686. The van der Waals surface area contributed by atoms with Gasteiger partial charge in [0.1, 0.15) is 5.75 Å². The van der Waals surface area contributed by atoms with E-state index in [4.69, 9.17) is 4.74 Å². The number of ketones is 1. The minimum Gasteiger partial charge on any atom is -0.503 e. The van der Waals surface area contributed by atoms with Crippen molar-refractivity contribution in [3.8, 4) is 5.75 Å². The molecule has 29 heavy (non-hydrogen) atoms. The Kier molecular flexibility index (Phi) is 6.37. The molecule has 3 rings (SSSR count). The normalized spacial score (nSPS) is 16.6. The predicted octanol–water partition coefficient (Wildman–Crippen LogP) is 4.99. The van der Waals surface area contributed by atoms with Crippen molar-refractivity contribution in [2.75, 3.05) is 11.5 Å². The second kappa shape index (κ2) is 8.95. The molecule has 1 amide bonds. The van der Waals surface area contributed by atoms with Crippen LogP contribution in [0.4, 0.5) is 5.69 Å². The molecule has 152 valence electrons. The second-order valence-electron chi connectivity index (χ2n) is 7.61. The standard InChI is InChI=1S/C24H27NO4/c1-4-14-29-19-12-10-17(11-13-19)22-21(20(26)15-16(2)3)23(27)24(28)25(22)18-8-6-5-7-9-18/h5-13,16,22,27H,4,14-15H2,1-3H3. The summed E-state index contributed by atoms with van der Waals surface area (Å²) in [4.78, 5) is 27.4. The van der Waals surface area contributed by atoms with Crippen molar-refractivity contribution in [2.45, 2.75) is 39.7 Å². The highest BCUT2D eigenvalue weighted by molar-refractivity contribution is 6.16. The molecule has 2 aromatic rings. The van der Waals surface area contributed by atoms with Gasteiger partial charge in [0.25, 0.3) is 5.91 Å². The van der Waals surface area contributed by atoms with Crippen molar-refractivity contribution < 1.29 is 19.4 Å². The summed E-state index contributed by atoms with van der Waals surface area (Å²) < 4.78 is 5.64. The number of ether oxygens (including phenoxy) is 1. The molecule has 0 aromatic heterocycles. The number of rotatable bonds is 8. The number of Topliss-reactive ketones (excluding diaryl/α,β-unsaturated/α-hetero) is 1. The zero-order chi connectivity index (χ0) is 21.0. The SMILES string of the molecule is CCCOc1ccc(C2C(C(=O)CC(C)C)=C(O)C(=O)N2c2ccccc2)cc1. The lowest BCUT2D eigenvalue weighted by molar-refractivity contribution is -0.118. The van der Waals surface area contributed by atoms with Crippen molar-refractivity contribution in [1.29, 1.82) is 0 Å². The number of anilines is 1. The number of aliphatic hydroxyl groups is 1. The van der Waals surface area contributed by atoms with Crippen LogP contribution in [-0.2, 0) is 9.59 Å². The van der Waals surface area contributed by atoms with Crippen LogP contribution in [0.3, 0.4) is 0 Å². The number of benzene rings is 2. The first-order valence-electron chi connectivity index (χ1n) is 10.0. The van der Waals surface area contributed by atoms with Crippen molar-refractivity contribution in [3.63, 3.8) is 0 Å². The number of nitrogens with zero attached hydrogens (tertiary/aromatic N) is 1. The number of para-hydroxylation sites is 1. The van der Waals surface area contributed by atoms with E-state index in [1.807, 2.05) is 63.2 Å². The largest absolute Gasteiger partial charge is 0.503 e. The van der Waals surface area contributed by atoms with Gasteiger partial charge in [0, 0.05) is 12.1 Å². The van der Waals surface area contributed by atoms with Crippen molar-refractivity contribution in [1.82, 2.24) is 0 Å². The van der Waals surface area contributed by atoms with Gasteiger partial charge >= 0.3 is 0 Å². The van der Waals surface area contributed by atoms with Gasteiger partial charge in [-0.1, -0.05) is 51.1 Å². The van der Waals surface area contributed by atoms with Gasteiger partial charge in [-0.05, 0) is 42.2 Å². The van der Waals surface area contributed by atoms with Crippen LogP contribution in [0.25, 0.3) is 0 Å². The summed E-state index contributed by atoms with van der Waals surface area (Å²) in [6, 6.07) is 15.8. The highest BCUT2D eigenvalue weighted by Crippen LogP contribution is 2.41. The Balaban J connectivity index is 2.05. The summed E-state index contributed by atoms with van der Waals surface area (Å²) in [5.74, 6) is -0.375. The van der Waals surface area contributed by atoms with Crippen LogP contribution in [0.2, 0.25) is 0 Å². The molecule has 1 heterocycles. The second-order valence-corrected chi connectivity index (χ2v) is 7.61. The number of hydrogen-bond donors (Lipinski definition) is 1. The van der Waals surface area contributed by atoms with E-state index in [1.165, 1.54) is 4.90 Å². The molecule has 5 nitrogen and oxygen atoms in total. The highest BCUT2D eigenvalue weighted by atomic mass is 16.5. The van der Waals surface area contributed by atoms with Gasteiger partial charge in [-0.15, -0.1) is 0 Å². The highest BCUT2D eigenvalue weighted by Gasteiger charge is 2.44. The lowest BCUT2D eigenvalue weighted by atomic mass is 9.92. The summed E-state index contributed by atoms with van der Waals surface area (Å²) in [6.45, 7) is 6.54. The Bertz CT molecular complexity index is 900. The maximum atomic E-state index is 13.0. The van der Waals surface area contributed by atoms with Crippen molar-refractivity contribution in [2.24, 2.45) is 5.92 Å². The molecule has 0 fully saturated rings. The zero-order valence-corrected chi connectivity index (χ0v) is 17.1. The minimum absolute atomic E-state index is 0.120. The third kappa shape index (κ3) is 4.34. The van der Waals surface area contributed by atoms with E-state index in [1.54, 1.807) is 12.1 Å². The topological polar surface area (TPSA) is 66.8 Å². The van der Waals surface area contributed by atoms with Crippen LogP contribution in [-0.4, -0.2) is 23.4 Å². The molecule has 5 heteroatoms. The summed E-state index contributed by atoms with van der Waals surface area (Å²) >= 11 is 0. The summed E-state index contributed by atoms with van der Waals surface area (Å²) in [5.41, 5.74) is 1.55. The van der Waals surface area contributed by atoms with Gasteiger partial charge in [0.15, 0.2) is 11.5 Å².